The molecule has 4 nitrogen and oxygen atoms in total. The second kappa shape index (κ2) is 6.24. The second-order valence-electron chi connectivity index (χ2n) is 6.22. The monoisotopic (exact) mass is 338 g/mol. The number of thiazole rings is 1. The quantitative estimate of drug-likeness (QED) is 0.747. The lowest BCUT2D eigenvalue weighted by Crippen LogP contribution is -2.12. The number of amides is 1. The molecule has 0 saturated heterocycles. The summed E-state index contributed by atoms with van der Waals surface area (Å²) < 4.78 is 5.44. The number of nitrogens with one attached hydrogen (secondary N) is 1. The van der Waals surface area contributed by atoms with E-state index in [-0.39, 0.29) is 5.91 Å². The molecule has 0 aliphatic heterocycles. The summed E-state index contributed by atoms with van der Waals surface area (Å²) in [6.45, 7) is 2.26. The van der Waals surface area contributed by atoms with E-state index in [0.29, 0.717) is 16.8 Å². The topological polar surface area (TPSA) is 55.1 Å². The summed E-state index contributed by atoms with van der Waals surface area (Å²) in [5, 5.41) is 3.56. The van der Waals surface area contributed by atoms with Crippen LogP contribution in [0.15, 0.2) is 47.1 Å². The minimum atomic E-state index is -0.252. The largest absolute Gasteiger partial charge is 0.459 e. The highest BCUT2D eigenvalue weighted by molar-refractivity contribution is 7.15. The lowest BCUT2D eigenvalue weighted by molar-refractivity contribution is 0.0997. The van der Waals surface area contributed by atoms with Crippen molar-refractivity contribution < 1.29 is 9.21 Å². The van der Waals surface area contributed by atoms with Crippen molar-refractivity contribution in [1.29, 1.82) is 0 Å². The molecule has 1 atom stereocenters. The molecule has 1 N–H and O–H groups in total. The van der Waals surface area contributed by atoms with Crippen molar-refractivity contribution in [3.63, 3.8) is 0 Å². The van der Waals surface area contributed by atoms with Gasteiger partial charge in [-0.15, -0.1) is 11.3 Å². The van der Waals surface area contributed by atoms with E-state index in [0.717, 1.165) is 29.7 Å². The second-order valence-corrected chi connectivity index (χ2v) is 7.30. The Morgan fingerprint density at radius 3 is 2.96 bits per heavy atom. The van der Waals surface area contributed by atoms with E-state index >= 15 is 0 Å². The number of hydrogen-bond donors (Lipinski definition) is 1. The van der Waals surface area contributed by atoms with E-state index in [1.807, 2.05) is 36.4 Å². The lowest BCUT2D eigenvalue weighted by Gasteiger charge is -2.15. The molecule has 1 amide bonds. The summed E-state index contributed by atoms with van der Waals surface area (Å²) in [6.07, 6.45) is 4.77. The fourth-order valence-electron chi connectivity index (χ4n) is 3.08. The first-order valence-corrected chi connectivity index (χ1v) is 8.95. The molecule has 1 aliphatic rings. The molecule has 0 fully saturated rings. The first-order chi connectivity index (χ1) is 11.7. The first kappa shape index (κ1) is 15.1. The molecular weight excluding hydrogens is 320 g/mol. The smallest absolute Gasteiger partial charge is 0.293 e. The molecule has 2 heterocycles. The maximum absolute atomic E-state index is 12.6. The van der Waals surface area contributed by atoms with Crippen LogP contribution < -0.4 is 5.32 Å². The number of fused-ring (bicyclic) bond motifs is 1. The number of benzene rings is 1. The number of aryl methyl sites for hydroxylation is 1. The Labute approximate surface area is 144 Å². The third-order valence-corrected chi connectivity index (χ3v) is 5.40. The molecule has 1 aromatic carbocycles. The third kappa shape index (κ3) is 2.87. The van der Waals surface area contributed by atoms with Crippen molar-refractivity contribution in [3.05, 3.63) is 59.0 Å². The van der Waals surface area contributed by atoms with E-state index in [4.69, 9.17) is 4.42 Å². The highest BCUT2D eigenvalue weighted by Gasteiger charge is 2.22. The Balaban J connectivity index is 1.57. The van der Waals surface area contributed by atoms with Crippen LogP contribution in [0.5, 0.6) is 0 Å². The van der Waals surface area contributed by atoms with Gasteiger partial charge in [-0.1, -0.05) is 37.3 Å². The van der Waals surface area contributed by atoms with E-state index < -0.39 is 0 Å². The van der Waals surface area contributed by atoms with Gasteiger partial charge in [-0.25, -0.2) is 4.98 Å². The van der Waals surface area contributed by atoms with Crippen LogP contribution >= 0.6 is 11.3 Å². The van der Waals surface area contributed by atoms with Crippen molar-refractivity contribution in [2.75, 3.05) is 5.32 Å². The van der Waals surface area contributed by atoms with Gasteiger partial charge in [-0.3, -0.25) is 10.1 Å². The Hall–Kier alpha value is -2.40. The zero-order valence-corrected chi connectivity index (χ0v) is 14.2. The number of furan rings is 1. The molecule has 0 saturated carbocycles. The molecule has 24 heavy (non-hydrogen) atoms. The Morgan fingerprint density at radius 1 is 1.29 bits per heavy atom. The predicted molar refractivity (Wildman–Crippen MR) is 95.4 cm³/mol. The normalized spacial score (nSPS) is 16.6. The van der Waals surface area contributed by atoms with Crippen molar-refractivity contribution in [3.8, 4) is 11.1 Å². The average Bonchev–Trinajstić information content (AvgIpc) is 3.21. The van der Waals surface area contributed by atoms with Gasteiger partial charge in [-0.2, -0.15) is 0 Å². The van der Waals surface area contributed by atoms with Gasteiger partial charge in [0.15, 0.2) is 10.9 Å². The van der Waals surface area contributed by atoms with Gasteiger partial charge in [-0.05, 0) is 36.8 Å². The van der Waals surface area contributed by atoms with Crippen LogP contribution in [0, 0.1) is 5.92 Å². The first-order valence-electron chi connectivity index (χ1n) is 8.13. The number of carbonyl (C=O) groups is 1. The van der Waals surface area contributed by atoms with Crippen LogP contribution in [0.25, 0.3) is 11.1 Å². The number of anilines is 1. The minimum absolute atomic E-state index is 0.252. The Bertz CT molecular complexity index is 867. The van der Waals surface area contributed by atoms with Crippen molar-refractivity contribution >= 4 is 22.4 Å². The SMILES string of the molecule is CC1CCc2nc(NC(=O)c3occc3-c3ccccc3)sc2C1. The lowest BCUT2D eigenvalue weighted by atomic mass is 9.93. The van der Waals surface area contributed by atoms with E-state index in [2.05, 4.69) is 17.2 Å². The molecular formula is C19H18N2O2S. The highest BCUT2D eigenvalue weighted by Crippen LogP contribution is 2.33. The summed E-state index contributed by atoms with van der Waals surface area (Å²) >= 11 is 1.58. The highest BCUT2D eigenvalue weighted by atomic mass is 32.1. The number of hydrogen-bond acceptors (Lipinski definition) is 4. The number of aromatic nitrogens is 1. The van der Waals surface area contributed by atoms with Crippen molar-refractivity contribution in [1.82, 2.24) is 4.98 Å². The summed E-state index contributed by atoms with van der Waals surface area (Å²) in [4.78, 5) is 18.5. The standard InChI is InChI=1S/C19H18N2O2S/c1-12-7-8-15-16(11-12)24-19(20-15)21-18(22)17-14(9-10-23-17)13-5-3-2-4-6-13/h2-6,9-10,12H,7-8,11H2,1H3,(H,20,21,22). The molecule has 4 rings (SSSR count). The molecule has 0 bridgehead atoms. The molecule has 2 aromatic heterocycles. The number of carbonyl (C=O) groups excluding carboxylic acids is 1. The van der Waals surface area contributed by atoms with Crippen LogP contribution in [-0.4, -0.2) is 10.9 Å². The zero-order chi connectivity index (χ0) is 16.5. The molecule has 1 aliphatic carbocycles. The fraction of sp³-hybridized carbons (Fsp3) is 0.263. The molecule has 122 valence electrons. The maximum atomic E-state index is 12.6. The number of rotatable bonds is 3. The third-order valence-electron chi connectivity index (χ3n) is 4.36. The summed E-state index contributed by atoms with van der Waals surface area (Å²) in [6, 6.07) is 11.6. The van der Waals surface area contributed by atoms with Crippen LogP contribution in [0.4, 0.5) is 5.13 Å². The maximum Gasteiger partial charge on any atom is 0.293 e. The summed E-state index contributed by atoms with van der Waals surface area (Å²) in [5.74, 6) is 0.761. The average molecular weight is 338 g/mol. The fourth-order valence-corrected chi connectivity index (χ4v) is 4.24. The van der Waals surface area contributed by atoms with E-state index in [1.54, 1.807) is 17.6 Å². The molecule has 3 aromatic rings. The predicted octanol–water partition coefficient (Wildman–Crippen LogP) is 4.78. The molecule has 5 heteroatoms. The Kier molecular flexibility index (Phi) is 3.94. The van der Waals surface area contributed by atoms with Gasteiger partial charge < -0.3 is 4.42 Å². The Morgan fingerprint density at radius 2 is 2.12 bits per heavy atom. The number of nitrogens with zero attached hydrogens (tertiary/aromatic N) is 1. The van der Waals surface area contributed by atoms with Gasteiger partial charge >= 0.3 is 0 Å². The van der Waals surface area contributed by atoms with Gasteiger partial charge in [0.05, 0.1) is 12.0 Å². The van der Waals surface area contributed by atoms with Gasteiger partial charge in [0.1, 0.15) is 0 Å². The van der Waals surface area contributed by atoms with Gasteiger partial charge in [0.25, 0.3) is 5.91 Å². The molecule has 0 radical (unpaired) electrons. The molecule has 0 spiro atoms. The summed E-state index contributed by atoms with van der Waals surface area (Å²) in [7, 11) is 0. The molecule has 1 unspecified atom stereocenters. The van der Waals surface area contributed by atoms with Gasteiger partial charge in [0.2, 0.25) is 0 Å². The van der Waals surface area contributed by atoms with Crippen molar-refractivity contribution in [2.45, 2.75) is 26.2 Å². The van der Waals surface area contributed by atoms with E-state index in [1.165, 1.54) is 11.3 Å². The van der Waals surface area contributed by atoms with Crippen LogP contribution in [-0.2, 0) is 12.8 Å². The minimum Gasteiger partial charge on any atom is -0.459 e. The van der Waals surface area contributed by atoms with Crippen LogP contribution in [0.2, 0.25) is 0 Å². The van der Waals surface area contributed by atoms with Gasteiger partial charge in [0, 0.05) is 10.4 Å². The van der Waals surface area contributed by atoms with Crippen LogP contribution in [0.3, 0.4) is 0 Å². The zero-order valence-electron chi connectivity index (χ0n) is 13.4. The summed E-state index contributed by atoms with van der Waals surface area (Å²) in [5.41, 5.74) is 2.89. The van der Waals surface area contributed by atoms with Crippen molar-refractivity contribution in [2.24, 2.45) is 5.92 Å². The van der Waals surface area contributed by atoms with Crippen LogP contribution in [0.1, 0.15) is 34.5 Å². The van der Waals surface area contributed by atoms with E-state index in [9.17, 15) is 4.79 Å².